The Bertz CT molecular complexity index is 1290. The molecular weight excluding hydrogens is 398 g/mol. The van der Waals surface area contributed by atoms with Crippen molar-refractivity contribution in [1.82, 2.24) is 14.7 Å². The van der Waals surface area contributed by atoms with Gasteiger partial charge in [0.25, 0.3) is 0 Å². The molecule has 0 aliphatic heterocycles. The van der Waals surface area contributed by atoms with E-state index in [0.29, 0.717) is 13.2 Å². The summed E-state index contributed by atoms with van der Waals surface area (Å²) >= 11 is 0. The van der Waals surface area contributed by atoms with Gasteiger partial charge in [0.15, 0.2) is 0 Å². The van der Waals surface area contributed by atoms with Gasteiger partial charge >= 0.3 is 0 Å². The van der Waals surface area contributed by atoms with Gasteiger partial charge in [-0.3, -0.25) is 0 Å². The second-order valence-corrected chi connectivity index (χ2v) is 7.55. The van der Waals surface area contributed by atoms with Gasteiger partial charge < -0.3 is 13.8 Å². The lowest BCUT2D eigenvalue weighted by Gasteiger charge is -2.08. The van der Waals surface area contributed by atoms with E-state index in [2.05, 4.69) is 34.0 Å². The average molecular weight is 422 g/mol. The standard InChI is InChI=1S/C27H23N3O2/c1-20-26(27(29-32-20)22-13-7-3-8-14-22)24-17-30(23-15-9-4-10-16-23)25(28-24)19-31-18-21-11-5-2-6-12-21/h2-17H,18-19H2,1H3. The Balaban J connectivity index is 1.51. The molecule has 5 nitrogen and oxygen atoms in total. The Hall–Kier alpha value is -3.96. The molecule has 0 amide bonds. The highest BCUT2D eigenvalue weighted by Crippen LogP contribution is 2.34. The van der Waals surface area contributed by atoms with Crippen molar-refractivity contribution in [3.05, 3.63) is 114 Å². The second kappa shape index (κ2) is 9.04. The normalized spacial score (nSPS) is 11.0. The molecule has 0 unspecified atom stereocenters. The molecule has 2 aromatic heterocycles. The van der Waals surface area contributed by atoms with Crippen LogP contribution in [0.4, 0.5) is 0 Å². The molecule has 0 bridgehead atoms. The third-order valence-electron chi connectivity index (χ3n) is 5.32. The van der Waals surface area contributed by atoms with Gasteiger partial charge in [0.2, 0.25) is 0 Å². The molecular formula is C27H23N3O2. The van der Waals surface area contributed by atoms with Crippen LogP contribution < -0.4 is 0 Å². The maximum Gasteiger partial charge on any atom is 0.143 e. The first-order valence-corrected chi connectivity index (χ1v) is 10.6. The van der Waals surface area contributed by atoms with Crippen molar-refractivity contribution in [2.24, 2.45) is 0 Å². The Morgan fingerprint density at radius 1 is 0.812 bits per heavy atom. The minimum Gasteiger partial charge on any atom is -0.369 e. The summed E-state index contributed by atoms with van der Waals surface area (Å²) in [6.45, 7) is 2.83. The van der Waals surface area contributed by atoms with Crippen LogP contribution in [0, 0.1) is 6.92 Å². The maximum absolute atomic E-state index is 6.02. The first-order chi connectivity index (χ1) is 15.8. The average Bonchev–Trinajstić information content (AvgIpc) is 3.44. The molecule has 0 saturated heterocycles. The molecule has 0 aliphatic rings. The third kappa shape index (κ3) is 4.11. The lowest BCUT2D eigenvalue weighted by molar-refractivity contribution is 0.101. The number of para-hydroxylation sites is 1. The summed E-state index contributed by atoms with van der Waals surface area (Å²) in [7, 11) is 0. The minimum absolute atomic E-state index is 0.384. The first-order valence-electron chi connectivity index (χ1n) is 10.6. The van der Waals surface area contributed by atoms with E-state index in [-0.39, 0.29) is 0 Å². The van der Waals surface area contributed by atoms with Crippen LogP contribution in [0.2, 0.25) is 0 Å². The van der Waals surface area contributed by atoms with Crippen LogP contribution in [0.25, 0.3) is 28.2 Å². The first kappa shape index (κ1) is 20.0. The molecule has 3 aromatic carbocycles. The van der Waals surface area contributed by atoms with Crippen molar-refractivity contribution in [2.45, 2.75) is 20.1 Å². The summed E-state index contributed by atoms with van der Waals surface area (Å²) in [5.41, 5.74) is 5.65. The number of imidazole rings is 1. The fourth-order valence-electron chi connectivity index (χ4n) is 3.75. The number of aromatic nitrogens is 3. The van der Waals surface area contributed by atoms with E-state index >= 15 is 0 Å². The van der Waals surface area contributed by atoms with E-state index in [1.54, 1.807) is 0 Å². The number of rotatable bonds is 7. The molecule has 32 heavy (non-hydrogen) atoms. The highest BCUT2D eigenvalue weighted by atomic mass is 16.5. The monoisotopic (exact) mass is 421 g/mol. The van der Waals surface area contributed by atoms with Crippen LogP contribution in [0.15, 0.2) is 102 Å². The molecule has 5 aromatic rings. The van der Waals surface area contributed by atoms with Crippen molar-refractivity contribution in [1.29, 1.82) is 0 Å². The molecule has 5 rings (SSSR count). The van der Waals surface area contributed by atoms with E-state index in [1.165, 1.54) is 0 Å². The molecule has 0 aliphatic carbocycles. The largest absolute Gasteiger partial charge is 0.369 e. The highest BCUT2D eigenvalue weighted by molar-refractivity contribution is 5.80. The number of ether oxygens (including phenoxy) is 1. The molecule has 0 saturated carbocycles. The van der Waals surface area contributed by atoms with E-state index < -0.39 is 0 Å². The summed E-state index contributed by atoms with van der Waals surface area (Å²) < 4.78 is 13.7. The van der Waals surface area contributed by atoms with Crippen molar-refractivity contribution >= 4 is 0 Å². The lowest BCUT2D eigenvalue weighted by atomic mass is 10.0. The van der Waals surface area contributed by atoms with Gasteiger partial charge in [-0.15, -0.1) is 0 Å². The third-order valence-corrected chi connectivity index (χ3v) is 5.32. The zero-order valence-corrected chi connectivity index (χ0v) is 17.8. The van der Waals surface area contributed by atoms with Crippen molar-refractivity contribution < 1.29 is 9.26 Å². The Morgan fingerprint density at radius 2 is 1.47 bits per heavy atom. The van der Waals surface area contributed by atoms with Gasteiger partial charge in [-0.25, -0.2) is 4.98 Å². The van der Waals surface area contributed by atoms with Gasteiger partial charge in [-0.1, -0.05) is 84.0 Å². The molecule has 0 radical (unpaired) electrons. The fourth-order valence-corrected chi connectivity index (χ4v) is 3.75. The second-order valence-electron chi connectivity index (χ2n) is 7.55. The summed E-state index contributed by atoms with van der Waals surface area (Å²) in [4.78, 5) is 4.95. The van der Waals surface area contributed by atoms with Gasteiger partial charge in [0, 0.05) is 17.4 Å². The predicted molar refractivity (Wildman–Crippen MR) is 124 cm³/mol. The van der Waals surface area contributed by atoms with Crippen molar-refractivity contribution in [3.63, 3.8) is 0 Å². The van der Waals surface area contributed by atoms with Gasteiger partial charge in [0.05, 0.1) is 17.9 Å². The minimum atomic E-state index is 0.384. The van der Waals surface area contributed by atoms with E-state index in [0.717, 1.165) is 45.4 Å². The van der Waals surface area contributed by atoms with Gasteiger partial charge in [0.1, 0.15) is 23.9 Å². The molecule has 0 fully saturated rings. The van der Waals surface area contributed by atoms with Gasteiger partial charge in [-0.2, -0.15) is 0 Å². The summed E-state index contributed by atoms with van der Waals surface area (Å²) in [6.07, 6.45) is 2.03. The zero-order valence-electron chi connectivity index (χ0n) is 17.8. The molecule has 5 heteroatoms. The lowest BCUT2D eigenvalue weighted by Crippen LogP contribution is -2.03. The number of aryl methyl sites for hydroxylation is 1. The zero-order chi connectivity index (χ0) is 21.8. The van der Waals surface area contributed by atoms with Crippen LogP contribution in [-0.2, 0) is 18.0 Å². The maximum atomic E-state index is 6.02. The van der Waals surface area contributed by atoms with Crippen LogP contribution in [-0.4, -0.2) is 14.7 Å². The number of hydrogen-bond acceptors (Lipinski definition) is 4. The predicted octanol–water partition coefficient (Wildman–Crippen LogP) is 6.22. The van der Waals surface area contributed by atoms with E-state index in [1.807, 2.05) is 79.9 Å². The Morgan fingerprint density at radius 3 is 2.19 bits per heavy atom. The topological polar surface area (TPSA) is 53.1 Å². The van der Waals surface area contributed by atoms with Crippen molar-refractivity contribution in [3.8, 4) is 28.2 Å². The van der Waals surface area contributed by atoms with Crippen LogP contribution in [0.5, 0.6) is 0 Å². The molecule has 2 heterocycles. The quantitative estimate of drug-likeness (QED) is 0.313. The number of nitrogens with zero attached hydrogens (tertiary/aromatic N) is 3. The Kier molecular flexibility index (Phi) is 5.64. The molecule has 0 N–H and O–H groups in total. The summed E-state index contributed by atoms with van der Waals surface area (Å²) in [5.74, 6) is 1.56. The smallest absolute Gasteiger partial charge is 0.143 e. The number of benzene rings is 3. The Labute approximate surface area is 186 Å². The van der Waals surface area contributed by atoms with Crippen molar-refractivity contribution in [2.75, 3.05) is 0 Å². The highest BCUT2D eigenvalue weighted by Gasteiger charge is 2.21. The van der Waals surface area contributed by atoms with Crippen LogP contribution >= 0.6 is 0 Å². The van der Waals surface area contributed by atoms with E-state index in [9.17, 15) is 0 Å². The molecule has 0 spiro atoms. The van der Waals surface area contributed by atoms with Crippen LogP contribution in [0.3, 0.4) is 0 Å². The molecule has 0 atom stereocenters. The number of hydrogen-bond donors (Lipinski definition) is 0. The SMILES string of the molecule is Cc1onc(-c2ccccc2)c1-c1cn(-c2ccccc2)c(COCc2ccccc2)n1. The summed E-state index contributed by atoms with van der Waals surface area (Å²) in [5, 5.41) is 4.32. The van der Waals surface area contributed by atoms with Gasteiger partial charge in [-0.05, 0) is 24.6 Å². The van der Waals surface area contributed by atoms with E-state index in [4.69, 9.17) is 14.2 Å². The fraction of sp³-hybridized carbons (Fsp3) is 0.111. The molecule has 158 valence electrons. The summed E-state index contributed by atoms with van der Waals surface area (Å²) in [6, 6.07) is 30.3. The van der Waals surface area contributed by atoms with Crippen LogP contribution in [0.1, 0.15) is 17.1 Å².